The molecule has 0 bridgehead atoms. The van der Waals surface area contributed by atoms with Gasteiger partial charge in [-0.15, -0.1) is 0 Å². The highest BCUT2D eigenvalue weighted by atomic mass is 16.1. The van der Waals surface area contributed by atoms with Gasteiger partial charge in [-0.05, 0) is 38.0 Å². The molecule has 0 aliphatic carbocycles. The average molecular weight is 231 g/mol. The second kappa shape index (κ2) is 3.80. The first-order valence-electron chi connectivity index (χ1n) is 5.55. The molecule has 0 radical (unpaired) electrons. The average Bonchev–Trinajstić information content (AvgIpc) is 2.48. The molecule has 2 N–H and O–H groups in total. The molecule has 0 saturated carbocycles. The third kappa shape index (κ3) is 1.65. The molecule has 0 atom stereocenters. The van der Waals surface area contributed by atoms with Crippen LogP contribution in [0.2, 0.25) is 0 Å². The topological polar surface area (TPSA) is 52.9 Å². The van der Waals surface area contributed by atoms with Gasteiger partial charge >= 0.3 is 0 Å². The van der Waals surface area contributed by atoms with Gasteiger partial charge in [-0.1, -0.05) is 12.1 Å². The fourth-order valence-electron chi connectivity index (χ4n) is 1.95. The lowest BCUT2D eigenvalue weighted by Crippen LogP contribution is -2.21. The van der Waals surface area contributed by atoms with E-state index < -0.39 is 0 Å². The Morgan fingerprint density at radius 2 is 1.82 bits per heavy atom. The number of benzene rings is 1. The number of hydrogen-bond donors (Lipinski definition) is 1. The predicted octanol–water partition coefficient (Wildman–Crippen LogP) is 1.68. The van der Waals surface area contributed by atoms with Crippen LogP contribution in [0.25, 0.3) is 5.69 Å². The molecule has 0 amide bonds. The number of nitrogens with zero attached hydrogens (tertiary/aromatic N) is 2. The number of hydrogen-bond acceptors (Lipinski definition) is 2. The fraction of sp³-hybridized carbons (Fsp3) is 0.308. The molecule has 0 aliphatic heterocycles. The standard InChI is InChI=1S/C13H17N3O/c1-8-5-6-9(2)11(7-8)16-13(17)12(14)10(3)15(16)4/h5-7H,14H2,1-4H3. The lowest BCUT2D eigenvalue weighted by Gasteiger charge is -2.11. The second-order valence-corrected chi connectivity index (χ2v) is 4.43. The van der Waals surface area contributed by atoms with Crippen molar-refractivity contribution in [1.29, 1.82) is 0 Å². The van der Waals surface area contributed by atoms with Crippen molar-refractivity contribution < 1.29 is 0 Å². The van der Waals surface area contributed by atoms with Crippen molar-refractivity contribution in [2.75, 3.05) is 5.73 Å². The van der Waals surface area contributed by atoms with E-state index in [1.165, 1.54) is 0 Å². The van der Waals surface area contributed by atoms with Gasteiger partial charge in [0.15, 0.2) is 0 Å². The number of nitrogens with two attached hydrogens (primary N) is 1. The van der Waals surface area contributed by atoms with Crippen LogP contribution in [0.1, 0.15) is 16.8 Å². The molecule has 1 heterocycles. The number of aromatic nitrogens is 2. The van der Waals surface area contributed by atoms with Crippen LogP contribution in [0.3, 0.4) is 0 Å². The van der Waals surface area contributed by atoms with Gasteiger partial charge in [0.2, 0.25) is 0 Å². The molecule has 2 rings (SSSR count). The smallest absolute Gasteiger partial charge is 0.294 e. The monoisotopic (exact) mass is 231 g/mol. The summed E-state index contributed by atoms with van der Waals surface area (Å²) in [6, 6.07) is 6.04. The number of rotatable bonds is 1. The van der Waals surface area contributed by atoms with Crippen LogP contribution < -0.4 is 11.3 Å². The molecule has 17 heavy (non-hydrogen) atoms. The highest BCUT2D eigenvalue weighted by molar-refractivity contribution is 5.48. The highest BCUT2D eigenvalue weighted by Gasteiger charge is 2.14. The van der Waals surface area contributed by atoms with Crippen molar-refractivity contribution in [1.82, 2.24) is 9.36 Å². The van der Waals surface area contributed by atoms with Crippen LogP contribution in [0.4, 0.5) is 5.69 Å². The number of anilines is 1. The number of nitrogen functional groups attached to an aromatic ring is 1. The minimum atomic E-state index is -0.154. The van der Waals surface area contributed by atoms with Crippen LogP contribution in [-0.2, 0) is 7.05 Å². The summed E-state index contributed by atoms with van der Waals surface area (Å²) in [5, 5.41) is 0. The van der Waals surface area contributed by atoms with Crippen LogP contribution in [0.5, 0.6) is 0 Å². The molecule has 0 saturated heterocycles. The van der Waals surface area contributed by atoms with Crippen molar-refractivity contribution >= 4 is 5.69 Å². The normalized spacial score (nSPS) is 10.8. The zero-order chi connectivity index (χ0) is 12.7. The summed E-state index contributed by atoms with van der Waals surface area (Å²) >= 11 is 0. The summed E-state index contributed by atoms with van der Waals surface area (Å²) in [5.74, 6) is 0. The maximum Gasteiger partial charge on any atom is 0.294 e. The van der Waals surface area contributed by atoms with E-state index in [4.69, 9.17) is 5.73 Å². The van der Waals surface area contributed by atoms with E-state index in [1.807, 2.05) is 46.0 Å². The van der Waals surface area contributed by atoms with Crippen molar-refractivity contribution in [3.8, 4) is 5.69 Å². The Kier molecular flexibility index (Phi) is 2.58. The molecule has 0 unspecified atom stereocenters. The van der Waals surface area contributed by atoms with Crippen molar-refractivity contribution in [3.63, 3.8) is 0 Å². The van der Waals surface area contributed by atoms with Gasteiger partial charge in [-0.25, -0.2) is 4.68 Å². The third-order valence-corrected chi connectivity index (χ3v) is 3.19. The largest absolute Gasteiger partial charge is 0.393 e. The Bertz CT molecular complexity index is 635. The first-order valence-corrected chi connectivity index (χ1v) is 5.55. The first kappa shape index (κ1) is 11.5. The molecule has 4 nitrogen and oxygen atoms in total. The van der Waals surface area contributed by atoms with E-state index >= 15 is 0 Å². The predicted molar refractivity (Wildman–Crippen MR) is 69.6 cm³/mol. The number of aryl methyl sites for hydroxylation is 2. The summed E-state index contributed by atoms with van der Waals surface area (Å²) < 4.78 is 3.41. The molecule has 0 aliphatic rings. The summed E-state index contributed by atoms with van der Waals surface area (Å²) in [4.78, 5) is 12.1. The second-order valence-electron chi connectivity index (χ2n) is 4.43. The Hall–Kier alpha value is -1.97. The van der Waals surface area contributed by atoms with Crippen molar-refractivity contribution in [2.24, 2.45) is 7.05 Å². The molecular weight excluding hydrogens is 214 g/mol. The van der Waals surface area contributed by atoms with Gasteiger partial charge in [0.1, 0.15) is 5.69 Å². The SMILES string of the molecule is Cc1ccc(C)c(-n2c(=O)c(N)c(C)n2C)c1. The van der Waals surface area contributed by atoms with Crippen LogP contribution >= 0.6 is 0 Å². The Morgan fingerprint density at radius 1 is 1.18 bits per heavy atom. The van der Waals surface area contributed by atoms with Crippen LogP contribution in [0.15, 0.2) is 23.0 Å². The van der Waals surface area contributed by atoms with Crippen molar-refractivity contribution in [3.05, 3.63) is 45.4 Å². The maximum atomic E-state index is 12.1. The van der Waals surface area contributed by atoms with Gasteiger partial charge in [0, 0.05) is 7.05 Å². The van der Waals surface area contributed by atoms with Crippen molar-refractivity contribution in [2.45, 2.75) is 20.8 Å². The summed E-state index contributed by atoms with van der Waals surface area (Å²) in [5.41, 5.74) is 9.78. The van der Waals surface area contributed by atoms with E-state index in [2.05, 4.69) is 0 Å². The third-order valence-electron chi connectivity index (χ3n) is 3.19. The van der Waals surface area contributed by atoms with Crippen LogP contribution in [-0.4, -0.2) is 9.36 Å². The van der Waals surface area contributed by atoms with Gasteiger partial charge in [-0.3, -0.25) is 9.48 Å². The minimum Gasteiger partial charge on any atom is -0.393 e. The van der Waals surface area contributed by atoms with E-state index in [9.17, 15) is 4.79 Å². The summed E-state index contributed by atoms with van der Waals surface area (Å²) in [6.07, 6.45) is 0. The van der Waals surface area contributed by atoms with Gasteiger partial charge < -0.3 is 5.73 Å². The molecule has 2 aromatic rings. The summed E-state index contributed by atoms with van der Waals surface area (Å²) in [7, 11) is 1.84. The molecule has 90 valence electrons. The Balaban J connectivity index is 2.82. The molecule has 4 heteroatoms. The molecule has 0 spiro atoms. The molecule has 0 fully saturated rings. The van der Waals surface area contributed by atoms with E-state index in [-0.39, 0.29) is 5.56 Å². The zero-order valence-electron chi connectivity index (χ0n) is 10.6. The van der Waals surface area contributed by atoms with Crippen LogP contribution in [0, 0.1) is 20.8 Å². The van der Waals surface area contributed by atoms with E-state index in [1.54, 1.807) is 9.36 Å². The fourth-order valence-corrected chi connectivity index (χ4v) is 1.95. The lowest BCUT2D eigenvalue weighted by molar-refractivity contribution is 0.627. The molecular formula is C13H17N3O. The molecule has 1 aromatic carbocycles. The van der Waals surface area contributed by atoms with Gasteiger partial charge in [0.25, 0.3) is 5.56 Å². The molecule has 1 aromatic heterocycles. The van der Waals surface area contributed by atoms with Gasteiger partial charge in [-0.2, -0.15) is 0 Å². The first-order chi connectivity index (χ1) is 7.93. The van der Waals surface area contributed by atoms with E-state index in [0.717, 1.165) is 22.5 Å². The Labute approximate surface area is 100 Å². The van der Waals surface area contributed by atoms with Gasteiger partial charge in [0.05, 0.1) is 11.4 Å². The quantitative estimate of drug-likeness (QED) is 0.812. The maximum absolute atomic E-state index is 12.1. The zero-order valence-corrected chi connectivity index (χ0v) is 10.6. The minimum absolute atomic E-state index is 0.154. The summed E-state index contributed by atoms with van der Waals surface area (Å²) in [6.45, 7) is 5.84. The lowest BCUT2D eigenvalue weighted by atomic mass is 10.1. The highest BCUT2D eigenvalue weighted by Crippen LogP contribution is 2.16. The van der Waals surface area contributed by atoms with E-state index in [0.29, 0.717) is 5.69 Å². The Morgan fingerprint density at radius 3 is 2.35 bits per heavy atom.